The fourth-order valence-corrected chi connectivity index (χ4v) is 3.29. The Kier molecular flexibility index (Phi) is 5.58. The van der Waals surface area contributed by atoms with Crippen molar-refractivity contribution in [3.63, 3.8) is 0 Å². The summed E-state index contributed by atoms with van der Waals surface area (Å²) in [6.45, 7) is 0.131. The smallest absolute Gasteiger partial charge is 0.478 e. The second-order valence-electron chi connectivity index (χ2n) is 5.82. The molecule has 0 fully saturated rings. The zero-order valence-corrected chi connectivity index (χ0v) is 15.5. The van der Waals surface area contributed by atoms with Crippen LogP contribution in [0, 0.1) is 0 Å². The molecule has 1 aromatic heterocycles. The Bertz CT molecular complexity index is 1070. The van der Waals surface area contributed by atoms with Gasteiger partial charge in [0, 0.05) is 28.6 Å². The summed E-state index contributed by atoms with van der Waals surface area (Å²) in [5, 5.41) is 10.2. The van der Waals surface area contributed by atoms with E-state index in [0.29, 0.717) is 27.1 Å². The third kappa shape index (κ3) is 4.61. The number of aliphatic carboxylic acids is 1. The summed E-state index contributed by atoms with van der Waals surface area (Å²) in [5.41, 5.74) is 1.59. The van der Waals surface area contributed by atoms with Crippen LogP contribution in [0.3, 0.4) is 0 Å². The topological polar surface area (TPSA) is 51.5 Å². The van der Waals surface area contributed by atoms with E-state index in [-0.39, 0.29) is 17.4 Å². The average molecular weight is 430 g/mol. The summed E-state index contributed by atoms with van der Waals surface area (Å²) in [6.07, 6.45) is -2.48. The van der Waals surface area contributed by atoms with Crippen molar-refractivity contribution in [3.05, 3.63) is 69.8 Å². The molecule has 0 amide bonds. The number of carboxylic acid groups (broad SMARTS) is 1. The average Bonchev–Trinajstić information content (AvgIpc) is 2.83. The van der Waals surface area contributed by atoms with Crippen molar-refractivity contribution in [1.82, 2.24) is 4.57 Å². The van der Waals surface area contributed by atoms with Gasteiger partial charge in [0.05, 0.1) is 5.52 Å². The molecule has 2 aromatic carbocycles. The first-order valence-corrected chi connectivity index (χ1v) is 8.62. The summed E-state index contributed by atoms with van der Waals surface area (Å²) in [5.74, 6) is -1.48. The van der Waals surface area contributed by atoms with Crippen molar-refractivity contribution in [3.8, 4) is 5.75 Å². The van der Waals surface area contributed by atoms with E-state index in [1.165, 1.54) is 24.3 Å². The molecule has 0 unspecified atom stereocenters. The summed E-state index contributed by atoms with van der Waals surface area (Å²) in [6, 6.07) is 10.5. The number of ether oxygens (including phenoxy) is 1. The molecular formula is C19H12Cl2F3NO3. The van der Waals surface area contributed by atoms with E-state index in [1.807, 2.05) is 0 Å². The van der Waals surface area contributed by atoms with Crippen molar-refractivity contribution >= 4 is 46.2 Å². The van der Waals surface area contributed by atoms with Gasteiger partial charge in [-0.05, 0) is 35.9 Å². The third-order valence-corrected chi connectivity index (χ3v) is 4.51. The van der Waals surface area contributed by atoms with Crippen LogP contribution in [-0.2, 0) is 11.3 Å². The molecule has 0 radical (unpaired) electrons. The summed E-state index contributed by atoms with van der Waals surface area (Å²) < 4.78 is 42.9. The molecule has 1 N–H and O–H groups in total. The first-order valence-electron chi connectivity index (χ1n) is 7.87. The fraction of sp³-hybridized carbons (Fsp3) is 0.105. The third-order valence-electron chi connectivity index (χ3n) is 3.87. The molecule has 0 saturated carbocycles. The Balaban J connectivity index is 2.06. The summed E-state index contributed by atoms with van der Waals surface area (Å²) in [4.78, 5) is 10.9. The molecule has 3 rings (SSSR count). The molecule has 146 valence electrons. The molecule has 4 nitrogen and oxygen atoms in total. The van der Waals surface area contributed by atoms with Crippen LogP contribution >= 0.6 is 23.2 Å². The molecule has 9 heteroatoms. The standard InChI is InChI=1S/C19H12Cl2F3NO3/c20-12-4-5-14-15(6-7-17(26)27)18(21)25(16(14)9-12)10-11-2-1-3-13(8-11)28-19(22,23)24/h1-9H,10H2,(H,26,27). The Hall–Kier alpha value is -2.64. The molecule has 0 aliphatic rings. The molecule has 3 aromatic rings. The van der Waals surface area contributed by atoms with Crippen LogP contribution in [0.25, 0.3) is 17.0 Å². The minimum atomic E-state index is -4.79. The van der Waals surface area contributed by atoms with Crippen molar-refractivity contribution in [1.29, 1.82) is 0 Å². The van der Waals surface area contributed by atoms with E-state index in [9.17, 15) is 18.0 Å². The van der Waals surface area contributed by atoms with E-state index in [2.05, 4.69) is 4.74 Å². The first kappa shape index (κ1) is 20.1. The van der Waals surface area contributed by atoms with Gasteiger partial charge in [-0.2, -0.15) is 0 Å². The Morgan fingerprint density at radius 2 is 1.93 bits per heavy atom. The molecule has 28 heavy (non-hydrogen) atoms. The van der Waals surface area contributed by atoms with Gasteiger partial charge in [0.1, 0.15) is 10.9 Å². The van der Waals surface area contributed by atoms with Crippen LogP contribution in [0.4, 0.5) is 13.2 Å². The van der Waals surface area contributed by atoms with Crippen LogP contribution in [0.5, 0.6) is 5.75 Å². The Labute approximate surface area is 167 Å². The molecule has 0 aliphatic carbocycles. The lowest BCUT2D eigenvalue weighted by Gasteiger charge is -2.12. The zero-order chi connectivity index (χ0) is 20.5. The molecule has 0 aliphatic heterocycles. The van der Waals surface area contributed by atoms with Crippen molar-refractivity contribution < 1.29 is 27.8 Å². The number of carboxylic acids is 1. The normalized spacial score (nSPS) is 12.0. The SMILES string of the molecule is O=C(O)C=Cc1c(Cl)n(Cc2cccc(OC(F)(F)F)c2)c2cc(Cl)ccc12. The van der Waals surface area contributed by atoms with Gasteiger partial charge in [-0.1, -0.05) is 41.4 Å². The first-order chi connectivity index (χ1) is 13.1. The number of halogens is 5. The number of rotatable bonds is 5. The molecule has 0 spiro atoms. The van der Waals surface area contributed by atoms with E-state index in [1.54, 1.807) is 28.8 Å². The highest BCUT2D eigenvalue weighted by atomic mass is 35.5. The van der Waals surface area contributed by atoms with Crippen LogP contribution in [-0.4, -0.2) is 22.0 Å². The largest absolute Gasteiger partial charge is 0.573 e. The maximum Gasteiger partial charge on any atom is 0.573 e. The minimum absolute atomic E-state index is 0.131. The van der Waals surface area contributed by atoms with Gasteiger partial charge in [0.2, 0.25) is 0 Å². The number of hydrogen-bond acceptors (Lipinski definition) is 2. The highest BCUT2D eigenvalue weighted by molar-refractivity contribution is 6.34. The van der Waals surface area contributed by atoms with Crippen LogP contribution < -0.4 is 4.74 Å². The number of carbonyl (C=O) groups is 1. The van der Waals surface area contributed by atoms with Crippen molar-refractivity contribution in [2.24, 2.45) is 0 Å². The summed E-state index contributed by atoms with van der Waals surface area (Å²) >= 11 is 12.5. The number of nitrogens with zero attached hydrogens (tertiary/aromatic N) is 1. The maximum atomic E-state index is 12.5. The summed E-state index contributed by atoms with van der Waals surface area (Å²) in [7, 11) is 0. The van der Waals surface area contributed by atoms with Crippen LogP contribution in [0.1, 0.15) is 11.1 Å². The van der Waals surface area contributed by atoms with Gasteiger partial charge in [-0.15, -0.1) is 13.2 Å². The van der Waals surface area contributed by atoms with E-state index in [4.69, 9.17) is 28.3 Å². The molecule has 0 atom stereocenters. The highest BCUT2D eigenvalue weighted by Gasteiger charge is 2.31. The second-order valence-corrected chi connectivity index (χ2v) is 6.61. The predicted octanol–water partition coefficient (Wildman–Crippen LogP) is 5.99. The van der Waals surface area contributed by atoms with Gasteiger partial charge in [0.15, 0.2) is 0 Å². The number of aromatic nitrogens is 1. The molecule has 1 heterocycles. The molecular weight excluding hydrogens is 418 g/mol. The molecule has 0 saturated heterocycles. The monoisotopic (exact) mass is 429 g/mol. The fourth-order valence-electron chi connectivity index (χ4n) is 2.81. The van der Waals surface area contributed by atoms with Crippen molar-refractivity contribution in [2.45, 2.75) is 12.9 Å². The highest BCUT2D eigenvalue weighted by Crippen LogP contribution is 2.34. The van der Waals surface area contributed by atoms with E-state index >= 15 is 0 Å². The van der Waals surface area contributed by atoms with Crippen LogP contribution in [0.15, 0.2) is 48.5 Å². The second kappa shape index (κ2) is 7.77. The zero-order valence-electron chi connectivity index (χ0n) is 14.0. The lowest BCUT2D eigenvalue weighted by molar-refractivity contribution is -0.274. The van der Waals surface area contributed by atoms with Gasteiger partial charge in [-0.3, -0.25) is 0 Å². The lowest BCUT2D eigenvalue weighted by atomic mass is 10.1. The van der Waals surface area contributed by atoms with Crippen LogP contribution in [0.2, 0.25) is 10.2 Å². The number of hydrogen-bond donors (Lipinski definition) is 1. The van der Waals surface area contributed by atoms with Gasteiger partial charge >= 0.3 is 12.3 Å². The number of fused-ring (bicyclic) bond motifs is 1. The minimum Gasteiger partial charge on any atom is -0.478 e. The quantitative estimate of drug-likeness (QED) is 0.506. The number of benzene rings is 2. The maximum absolute atomic E-state index is 12.5. The molecule has 0 bridgehead atoms. The van der Waals surface area contributed by atoms with E-state index < -0.39 is 12.3 Å². The van der Waals surface area contributed by atoms with Gasteiger partial charge in [-0.25, -0.2) is 4.79 Å². The van der Waals surface area contributed by atoms with Gasteiger partial charge < -0.3 is 14.4 Å². The predicted molar refractivity (Wildman–Crippen MR) is 101 cm³/mol. The van der Waals surface area contributed by atoms with E-state index in [0.717, 1.165) is 6.08 Å². The number of alkyl halides is 3. The Morgan fingerprint density at radius 3 is 2.61 bits per heavy atom. The lowest BCUT2D eigenvalue weighted by Crippen LogP contribution is -2.17. The Morgan fingerprint density at radius 1 is 1.18 bits per heavy atom. The van der Waals surface area contributed by atoms with Crippen molar-refractivity contribution in [2.75, 3.05) is 0 Å². The van der Waals surface area contributed by atoms with Gasteiger partial charge in [0.25, 0.3) is 0 Å².